The van der Waals surface area contributed by atoms with Crippen molar-refractivity contribution in [3.05, 3.63) is 72.9 Å². The maximum absolute atomic E-state index is 9.40. The number of aromatic nitrogens is 2. The molecule has 26 heavy (non-hydrogen) atoms. The number of hydrogen-bond donors (Lipinski definition) is 1. The molecule has 2 heterocycles. The van der Waals surface area contributed by atoms with Gasteiger partial charge in [-0.25, -0.2) is 4.98 Å². The van der Waals surface area contributed by atoms with E-state index in [-0.39, 0.29) is 5.75 Å². The maximum Gasteiger partial charge on any atom is 0.187 e. The van der Waals surface area contributed by atoms with E-state index in [0.717, 1.165) is 17.0 Å². The Labute approximate surface area is 150 Å². The van der Waals surface area contributed by atoms with Crippen LogP contribution in [0, 0.1) is 0 Å². The van der Waals surface area contributed by atoms with Crippen molar-refractivity contribution < 1.29 is 9.84 Å². The van der Waals surface area contributed by atoms with E-state index in [1.54, 1.807) is 31.4 Å². The summed E-state index contributed by atoms with van der Waals surface area (Å²) in [4.78, 5) is 4.71. The number of hydrogen-bond acceptors (Lipinski definition) is 5. The molecule has 0 atom stereocenters. The highest BCUT2D eigenvalue weighted by molar-refractivity contribution is 5.78. The maximum atomic E-state index is 9.40. The molecule has 4 rings (SSSR count). The molecular weight excluding hydrogens is 328 g/mol. The third-order valence-electron chi connectivity index (χ3n) is 3.98. The molecule has 1 N–H and O–H groups in total. The minimum atomic E-state index is 0.188. The summed E-state index contributed by atoms with van der Waals surface area (Å²) in [5.74, 6) is 1.52. The van der Waals surface area contributed by atoms with Crippen LogP contribution in [0.2, 0.25) is 0 Å². The fourth-order valence-electron chi connectivity index (χ4n) is 2.72. The zero-order valence-electron chi connectivity index (χ0n) is 14.1. The first-order valence-electron chi connectivity index (χ1n) is 8.07. The molecule has 2 aromatic carbocycles. The van der Waals surface area contributed by atoms with Gasteiger partial charge in [0.25, 0.3) is 0 Å². The highest BCUT2D eigenvalue weighted by atomic mass is 16.5. The Morgan fingerprint density at radius 1 is 0.923 bits per heavy atom. The lowest BCUT2D eigenvalue weighted by molar-refractivity contribution is 0.416. The summed E-state index contributed by atoms with van der Waals surface area (Å²) < 4.78 is 7.36. The lowest BCUT2D eigenvalue weighted by atomic mass is 10.1. The Hall–Kier alpha value is -3.67. The van der Waals surface area contributed by atoms with Crippen LogP contribution in [-0.4, -0.2) is 21.6 Å². The van der Waals surface area contributed by atoms with Crippen molar-refractivity contribution in [2.24, 2.45) is 10.2 Å². The SMILES string of the molecule is COc1ccccc1-c1nc2ccccn2c1N=Nc1ccc(O)cc1. The number of azo groups is 1. The molecule has 6 nitrogen and oxygen atoms in total. The lowest BCUT2D eigenvalue weighted by Crippen LogP contribution is -1.87. The van der Waals surface area contributed by atoms with Gasteiger partial charge in [-0.2, -0.15) is 0 Å². The van der Waals surface area contributed by atoms with Crippen molar-refractivity contribution in [2.45, 2.75) is 0 Å². The monoisotopic (exact) mass is 344 g/mol. The number of phenolic OH excluding ortho intramolecular Hbond substituents is 1. The number of rotatable bonds is 4. The number of aromatic hydroxyl groups is 1. The molecule has 2 aromatic heterocycles. The molecule has 6 heteroatoms. The predicted octanol–water partition coefficient (Wildman–Crippen LogP) is 5.13. The van der Waals surface area contributed by atoms with Gasteiger partial charge in [0, 0.05) is 11.8 Å². The Morgan fingerprint density at radius 2 is 1.69 bits per heavy atom. The van der Waals surface area contributed by atoms with Gasteiger partial charge < -0.3 is 9.84 Å². The third kappa shape index (κ3) is 2.88. The van der Waals surface area contributed by atoms with Gasteiger partial charge in [-0.1, -0.05) is 18.2 Å². The summed E-state index contributed by atoms with van der Waals surface area (Å²) in [5, 5.41) is 18.1. The van der Waals surface area contributed by atoms with Gasteiger partial charge in [0.1, 0.15) is 22.8 Å². The zero-order valence-corrected chi connectivity index (χ0v) is 14.1. The molecule has 128 valence electrons. The first kappa shape index (κ1) is 15.8. The highest BCUT2D eigenvalue weighted by Crippen LogP contribution is 2.37. The molecule has 0 aliphatic heterocycles. The Balaban J connectivity index is 1.88. The van der Waals surface area contributed by atoms with Crippen LogP contribution in [0.15, 0.2) is 83.2 Å². The van der Waals surface area contributed by atoms with Crippen LogP contribution in [0.1, 0.15) is 0 Å². The second-order valence-electron chi connectivity index (χ2n) is 5.63. The van der Waals surface area contributed by atoms with Crippen LogP contribution >= 0.6 is 0 Å². The number of benzene rings is 2. The van der Waals surface area contributed by atoms with Crippen LogP contribution < -0.4 is 4.74 Å². The number of pyridine rings is 1. The molecule has 0 unspecified atom stereocenters. The number of fused-ring (bicyclic) bond motifs is 1. The summed E-state index contributed by atoms with van der Waals surface area (Å²) in [6.07, 6.45) is 1.90. The molecule has 0 bridgehead atoms. The van der Waals surface area contributed by atoms with Gasteiger partial charge in [-0.05, 0) is 48.5 Å². The smallest absolute Gasteiger partial charge is 0.187 e. The number of ether oxygens (including phenoxy) is 1. The van der Waals surface area contributed by atoms with E-state index in [1.165, 1.54) is 0 Å². The van der Waals surface area contributed by atoms with Crippen LogP contribution in [0.3, 0.4) is 0 Å². The van der Waals surface area contributed by atoms with Crippen LogP contribution in [0.5, 0.6) is 11.5 Å². The minimum absolute atomic E-state index is 0.188. The van der Waals surface area contributed by atoms with Crippen molar-refractivity contribution in [1.29, 1.82) is 0 Å². The highest BCUT2D eigenvalue weighted by Gasteiger charge is 2.17. The van der Waals surface area contributed by atoms with Crippen LogP contribution in [0.25, 0.3) is 16.9 Å². The fraction of sp³-hybridized carbons (Fsp3) is 0.0500. The number of nitrogens with zero attached hydrogens (tertiary/aromatic N) is 4. The van der Waals surface area contributed by atoms with Crippen molar-refractivity contribution in [3.63, 3.8) is 0 Å². The summed E-state index contributed by atoms with van der Waals surface area (Å²) >= 11 is 0. The van der Waals surface area contributed by atoms with E-state index < -0.39 is 0 Å². The van der Waals surface area contributed by atoms with Crippen LogP contribution in [0.4, 0.5) is 11.5 Å². The van der Waals surface area contributed by atoms with E-state index in [0.29, 0.717) is 17.2 Å². The second kappa shape index (κ2) is 6.68. The lowest BCUT2D eigenvalue weighted by Gasteiger charge is -2.06. The molecular formula is C20H16N4O2. The number of methoxy groups -OCH3 is 1. The van der Waals surface area contributed by atoms with E-state index in [1.807, 2.05) is 53.1 Å². The van der Waals surface area contributed by atoms with E-state index >= 15 is 0 Å². The van der Waals surface area contributed by atoms with Gasteiger partial charge >= 0.3 is 0 Å². The van der Waals surface area contributed by atoms with Gasteiger partial charge in [0.2, 0.25) is 0 Å². The number of phenols is 1. The molecule has 0 spiro atoms. The van der Waals surface area contributed by atoms with Gasteiger partial charge in [-0.15, -0.1) is 10.2 Å². The average Bonchev–Trinajstić information content (AvgIpc) is 3.06. The molecule has 0 amide bonds. The molecule has 0 aliphatic rings. The van der Waals surface area contributed by atoms with Crippen molar-refractivity contribution in [2.75, 3.05) is 7.11 Å². The molecule has 0 saturated carbocycles. The topological polar surface area (TPSA) is 71.5 Å². The zero-order chi connectivity index (χ0) is 17.9. The summed E-state index contributed by atoms with van der Waals surface area (Å²) in [6.45, 7) is 0. The van der Waals surface area contributed by atoms with Gasteiger partial charge in [0.15, 0.2) is 5.82 Å². The minimum Gasteiger partial charge on any atom is -0.508 e. The van der Waals surface area contributed by atoms with Gasteiger partial charge in [-0.3, -0.25) is 4.40 Å². The predicted molar refractivity (Wildman–Crippen MR) is 99.5 cm³/mol. The van der Waals surface area contributed by atoms with Crippen molar-refractivity contribution >= 4 is 17.2 Å². The molecule has 0 aliphatic carbocycles. The molecule has 0 radical (unpaired) electrons. The van der Waals surface area contributed by atoms with Crippen LogP contribution in [-0.2, 0) is 0 Å². The fourth-order valence-corrected chi connectivity index (χ4v) is 2.72. The molecule has 0 fully saturated rings. The van der Waals surface area contributed by atoms with Crippen molar-refractivity contribution in [3.8, 4) is 22.8 Å². The first-order chi connectivity index (χ1) is 12.8. The first-order valence-corrected chi connectivity index (χ1v) is 8.07. The standard InChI is InChI=1S/C20H16N4O2/c1-26-17-7-3-2-6-16(17)19-20(24-13-5-4-8-18(24)21-19)23-22-14-9-11-15(25)12-10-14/h2-13,25H,1H3. The number of imidazole rings is 1. The molecule has 4 aromatic rings. The van der Waals surface area contributed by atoms with E-state index in [4.69, 9.17) is 9.72 Å². The number of para-hydroxylation sites is 1. The van der Waals surface area contributed by atoms with Gasteiger partial charge in [0.05, 0.1) is 12.8 Å². The summed E-state index contributed by atoms with van der Waals surface area (Å²) in [5.41, 5.74) is 2.95. The second-order valence-corrected chi connectivity index (χ2v) is 5.63. The van der Waals surface area contributed by atoms with E-state index in [2.05, 4.69) is 10.2 Å². The van der Waals surface area contributed by atoms with Crippen molar-refractivity contribution in [1.82, 2.24) is 9.38 Å². The Morgan fingerprint density at radius 3 is 2.50 bits per heavy atom. The average molecular weight is 344 g/mol. The third-order valence-corrected chi connectivity index (χ3v) is 3.98. The molecule has 0 saturated heterocycles. The summed E-state index contributed by atoms with van der Waals surface area (Å²) in [6, 6.07) is 20.0. The quantitative estimate of drug-likeness (QED) is 0.522. The van der Waals surface area contributed by atoms with E-state index in [9.17, 15) is 5.11 Å². The Bertz CT molecular complexity index is 1080. The largest absolute Gasteiger partial charge is 0.508 e. The normalized spacial score (nSPS) is 11.3. The Kier molecular flexibility index (Phi) is 4.07. The summed E-state index contributed by atoms with van der Waals surface area (Å²) in [7, 11) is 1.63.